The molecule has 212 valence electrons. The van der Waals surface area contributed by atoms with Gasteiger partial charge in [-0.15, -0.1) is 0 Å². The van der Waals surface area contributed by atoms with Gasteiger partial charge in [0.2, 0.25) is 0 Å². The van der Waals surface area contributed by atoms with Gasteiger partial charge < -0.3 is 4.74 Å². The molecule has 0 saturated carbocycles. The predicted molar refractivity (Wildman–Crippen MR) is 152 cm³/mol. The molecule has 1 N–H and O–H groups in total. The molecule has 6 nitrogen and oxygen atoms in total. The summed E-state index contributed by atoms with van der Waals surface area (Å²) in [6.07, 6.45) is 20.0. The number of rotatable bonds is 22. The van der Waals surface area contributed by atoms with Gasteiger partial charge in [-0.2, -0.15) is 8.42 Å². The first-order chi connectivity index (χ1) is 17.9. The van der Waals surface area contributed by atoms with E-state index in [0.717, 1.165) is 31.4 Å². The maximum absolute atomic E-state index is 11.5. The number of unbranched alkanes of at least 4 members (excludes halogenated alkanes) is 10. The van der Waals surface area contributed by atoms with Crippen molar-refractivity contribution in [3.63, 3.8) is 0 Å². The van der Waals surface area contributed by atoms with Gasteiger partial charge in [0, 0.05) is 18.6 Å². The van der Waals surface area contributed by atoms with E-state index in [1.807, 2.05) is 18.3 Å². The summed E-state index contributed by atoms with van der Waals surface area (Å²) in [6, 6.07) is 8.21. The molecular formula is C30H52NO5S+. The molecule has 0 bridgehead atoms. The number of nitrogens with zero attached hydrogens (tertiary/aromatic N) is 1. The van der Waals surface area contributed by atoms with Gasteiger partial charge in [-0.05, 0) is 30.4 Å². The fourth-order valence-corrected chi connectivity index (χ4v) is 5.67. The third-order valence-electron chi connectivity index (χ3n) is 7.33. The first-order valence-corrected chi connectivity index (χ1v) is 16.2. The maximum atomic E-state index is 11.5. The van der Waals surface area contributed by atoms with Crippen LogP contribution in [0.15, 0.2) is 24.3 Å². The molecule has 0 amide bonds. The van der Waals surface area contributed by atoms with Crippen LogP contribution < -0.4 is 0 Å². The van der Waals surface area contributed by atoms with Crippen LogP contribution in [0.2, 0.25) is 0 Å². The summed E-state index contributed by atoms with van der Waals surface area (Å²) < 4.78 is 45.5. The van der Waals surface area contributed by atoms with Crippen LogP contribution >= 0.6 is 0 Å². The van der Waals surface area contributed by atoms with E-state index in [1.54, 1.807) is 0 Å². The summed E-state index contributed by atoms with van der Waals surface area (Å²) in [7, 11) is -4.56. The normalized spacial score (nSPS) is 15.3. The molecule has 1 aliphatic rings. The number of hydrogen-bond donors (Lipinski definition) is 1. The lowest BCUT2D eigenvalue weighted by molar-refractivity contribution is -0.532. The Morgan fingerprint density at radius 1 is 0.865 bits per heavy atom. The molecule has 7 heteroatoms. The Balaban J connectivity index is 1.83. The zero-order chi connectivity index (χ0) is 26.8. The first kappa shape index (κ1) is 31.9. The van der Waals surface area contributed by atoms with Crippen molar-refractivity contribution < 1.29 is 26.5 Å². The Morgan fingerprint density at radius 2 is 1.46 bits per heavy atom. The van der Waals surface area contributed by atoms with Crippen LogP contribution in [-0.4, -0.2) is 56.2 Å². The minimum Gasteiger partial charge on any atom is -0.378 e. The van der Waals surface area contributed by atoms with E-state index in [2.05, 4.69) is 30.6 Å². The van der Waals surface area contributed by atoms with Crippen molar-refractivity contribution in [1.29, 1.82) is 0 Å². The summed E-state index contributed by atoms with van der Waals surface area (Å²) in [5, 5.41) is 0. The summed E-state index contributed by atoms with van der Waals surface area (Å²) in [5.41, 5.74) is 2.42. The van der Waals surface area contributed by atoms with E-state index in [1.165, 1.54) is 82.6 Å². The summed E-state index contributed by atoms with van der Waals surface area (Å²) >= 11 is 0. The molecule has 1 aromatic carbocycles. The maximum Gasteiger partial charge on any atom is 0.397 e. The van der Waals surface area contributed by atoms with Gasteiger partial charge in [-0.3, -0.25) is 4.55 Å². The van der Waals surface area contributed by atoms with E-state index >= 15 is 0 Å². The zero-order valence-corrected chi connectivity index (χ0v) is 24.2. The Bertz CT molecular complexity index is 870. The van der Waals surface area contributed by atoms with Crippen LogP contribution in [0.3, 0.4) is 0 Å². The summed E-state index contributed by atoms with van der Waals surface area (Å²) in [4.78, 5) is 0. The number of benzene rings is 1. The van der Waals surface area contributed by atoms with Gasteiger partial charge in [0.25, 0.3) is 0 Å². The number of hydrogen-bond acceptors (Lipinski definition) is 4. The lowest BCUT2D eigenvalue weighted by Crippen LogP contribution is -2.36. The van der Waals surface area contributed by atoms with Crippen LogP contribution in [0.25, 0.3) is 0 Å². The van der Waals surface area contributed by atoms with Crippen LogP contribution in [-0.2, 0) is 25.7 Å². The van der Waals surface area contributed by atoms with Gasteiger partial charge in [-0.1, -0.05) is 109 Å². The van der Waals surface area contributed by atoms with E-state index in [-0.39, 0.29) is 6.61 Å². The molecule has 0 aromatic heterocycles. The van der Waals surface area contributed by atoms with Gasteiger partial charge in [0.1, 0.15) is 6.54 Å². The third kappa shape index (κ3) is 15.0. The van der Waals surface area contributed by atoms with E-state index in [4.69, 9.17) is 8.92 Å². The molecule has 1 aliphatic heterocycles. The molecule has 2 atom stereocenters. The summed E-state index contributed by atoms with van der Waals surface area (Å²) in [5.74, 6) is 0.483. The van der Waals surface area contributed by atoms with Crippen LogP contribution in [0.1, 0.15) is 115 Å². The minimum absolute atomic E-state index is 0.147. The average Bonchev–Trinajstić information content (AvgIpc) is 2.86. The van der Waals surface area contributed by atoms with Gasteiger partial charge in [0.05, 0.1) is 6.61 Å². The zero-order valence-electron chi connectivity index (χ0n) is 23.4. The van der Waals surface area contributed by atoms with Gasteiger partial charge in [-0.25, -0.2) is 8.76 Å². The highest BCUT2D eigenvalue weighted by atomic mass is 32.3. The van der Waals surface area contributed by atoms with Crippen molar-refractivity contribution in [3.8, 4) is 0 Å². The second kappa shape index (κ2) is 18.9. The molecule has 0 radical (unpaired) electrons. The van der Waals surface area contributed by atoms with Crippen LogP contribution in [0.5, 0.6) is 0 Å². The lowest BCUT2D eigenvalue weighted by atomic mass is 9.95. The highest BCUT2D eigenvalue weighted by Gasteiger charge is 2.25. The smallest absolute Gasteiger partial charge is 0.378 e. The molecule has 2 unspecified atom stereocenters. The number of fused-ring (bicyclic) bond motifs is 1. The fourth-order valence-electron chi connectivity index (χ4n) is 5.21. The average molecular weight is 539 g/mol. The van der Waals surface area contributed by atoms with Crippen molar-refractivity contribution in [2.24, 2.45) is 5.92 Å². The molecule has 0 fully saturated rings. The minimum atomic E-state index is -4.56. The standard InChI is InChI=1S/C30H51NO5S/c1-3-5-7-9-10-11-12-14-18-27(17-13-8-6-4-2)25-35-26-30(36-37(32,33)34)24-31-22-21-28-19-15-16-20-29(28)23-31/h15-16,19-20,23,27,30H,3-14,17-18,21-22,24-26H2,1-2H3/p+1. The third-order valence-corrected chi connectivity index (χ3v) is 7.85. The second-order valence-corrected chi connectivity index (χ2v) is 11.8. The predicted octanol–water partition coefficient (Wildman–Crippen LogP) is 7.00. The second-order valence-electron chi connectivity index (χ2n) is 10.7. The Kier molecular flexibility index (Phi) is 16.3. The topological polar surface area (TPSA) is 75.8 Å². The quantitative estimate of drug-likeness (QED) is 0.0977. The molecule has 37 heavy (non-hydrogen) atoms. The van der Waals surface area contributed by atoms with Crippen molar-refractivity contribution in [2.75, 3.05) is 26.3 Å². The molecule has 0 saturated heterocycles. The Hall–Kier alpha value is -1.28. The van der Waals surface area contributed by atoms with E-state index < -0.39 is 16.5 Å². The van der Waals surface area contributed by atoms with Gasteiger partial charge >= 0.3 is 10.4 Å². The summed E-state index contributed by atoms with van der Waals surface area (Å²) in [6.45, 7) is 6.38. The van der Waals surface area contributed by atoms with Crippen molar-refractivity contribution in [3.05, 3.63) is 35.4 Å². The monoisotopic (exact) mass is 538 g/mol. The largest absolute Gasteiger partial charge is 0.397 e. The highest BCUT2D eigenvalue weighted by molar-refractivity contribution is 7.80. The van der Waals surface area contributed by atoms with Gasteiger partial charge in [0.15, 0.2) is 18.9 Å². The fraction of sp³-hybridized carbons (Fsp3) is 0.767. The van der Waals surface area contributed by atoms with Crippen LogP contribution in [0.4, 0.5) is 0 Å². The molecular weight excluding hydrogens is 486 g/mol. The first-order valence-electron chi connectivity index (χ1n) is 14.8. The molecule has 0 spiro atoms. The van der Waals surface area contributed by atoms with Crippen molar-refractivity contribution >= 4 is 16.6 Å². The van der Waals surface area contributed by atoms with Crippen LogP contribution in [0, 0.1) is 5.92 Å². The number of ether oxygens (including phenoxy) is 1. The van der Waals surface area contributed by atoms with E-state index in [0.29, 0.717) is 19.1 Å². The molecule has 0 aliphatic carbocycles. The van der Waals surface area contributed by atoms with Crippen molar-refractivity contribution in [1.82, 2.24) is 0 Å². The molecule has 1 aromatic rings. The lowest BCUT2D eigenvalue weighted by Gasteiger charge is -2.20. The molecule has 2 rings (SSSR count). The molecule has 1 heterocycles. The Labute approximate surface area is 226 Å². The van der Waals surface area contributed by atoms with E-state index in [9.17, 15) is 13.0 Å². The highest BCUT2D eigenvalue weighted by Crippen LogP contribution is 2.20. The SMILES string of the molecule is CCCCCCCCCCC(CCCCCC)COCC(C[N+]1=Cc2ccccc2CC1)OS(=O)(=O)O. The van der Waals surface area contributed by atoms with Crippen molar-refractivity contribution in [2.45, 2.75) is 116 Å². The Morgan fingerprint density at radius 3 is 2.11 bits per heavy atom.